The van der Waals surface area contributed by atoms with Crippen LogP contribution in [0.4, 0.5) is 0 Å². The van der Waals surface area contributed by atoms with Crippen molar-refractivity contribution in [2.75, 3.05) is 6.61 Å². The van der Waals surface area contributed by atoms with Crippen molar-refractivity contribution in [1.82, 2.24) is 10.2 Å². The number of carbonyl (C=O) groups is 2. The SMILES string of the molecule is CC(C)c1ccccc1OCC(=O)N(Cc1cccc(Br)c1)[C@@H](Cc1ccccc1)C(=O)NC1CCCC1. The second kappa shape index (κ2) is 13.6. The van der Waals surface area contributed by atoms with E-state index in [0.717, 1.165) is 46.8 Å². The molecule has 1 saturated carbocycles. The maximum Gasteiger partial charge on any atom is 0.261 e. The molecule has 1 N–H and O–H groups in total. The summed E-state index contributed by atoms with van der Waals surface area (Å²) < 4.78 is 7.01. The monoisotopic (exact) mass is 576 g/mol. The minimum Gasteiger partial charge on any atom is -0.483 e. The lowest BCUT2D eigenvalue weighted by Gasteiger charge is -2.32. The second-order valence-electron chi connectivity index (χ2n) is 10.3. The summed E-state index contributed by atoms with van der Waals surface area (Å²) in [6.07, 6.45) is 4.65. The molecule has 1 fully saturated rings. The number of nitrogens with zero attached hydrogens (tertiary/aromatic N) is 1. The van der Waals surface area contributed by atoms with Crippen LogP contribution >= 0.6 is 15.9 Å². The van der Waals surface area contributed by atoms with Gasteiger partial charge in [-0.2, -0.15) is 0 Å². The zero-order valence-corrected chi connectivity index (χ0v) is 23.8. The summed E-state index contributed by atoms with van der Waals surface area (Å²) in [4.78, 5) is 29.3. The summed E-state index contributed by atoms with van der Waals surface area (Å²) in [5.41, 5.74) is 3.01. The Labute approximate surface area is 234 Å². The number of para-hydroxylation sites is 1. The van der Waals surface area contributed by atoms with Crippen molar-refractivity contribution < 1.29 is 14.3 Å². The molecule has 38 heavy (non-hydrogen) atoms. The maximum atomic E-state index is 13.9. The van der Waals surface area contributed by atoms with Crippen LogP contribution in [0.25, 0.3) is 0 Å². The molecule has 4 rings (SSSR count). The predicted octanol–water partition coefficient (Wildman–Crippen LogP) is 6.65. The molecule has 6 heteroatoms. The number of amides is 2. The lowest BCUT2D eigenvalue weighted by atomic mass is 10.0. The van der Waals surface area contributed by atoms with Gasteiger partial charge in [-0.25, -0.2) is 0 Å². The molecule has 200 valence electrons. The summed E-state index contributed by atoms with van der Waals surface area (Å²) in [5, 5.41) is 3.25. The van der Waals surface area contributed by atoms with E-state index in [1.807, 2.05) is 78.9 Å². The Hall–Kier alpha value is -3.12. The number of carbonyl (C=O) groups excluding carboxylic acids is 2. The molecule has 5 nitrogen and oxygen atoms in total. The smallest absolute Gasteiger partial charge is 0.261 e. The molecule has 1 atom stereocenters. The molecule has 1 aliphatic carbocycles. The van der Waals surface area contributed by atoms with Gasteiger partial charge in [-0.1, -0.05) is 103 Å². The van der Waals surface area contributed by atoms with Gasteiger partial charge in [0.15, 0.2) is 6.61 Å². The Balaban J connectivity index is 1.63. The van der Waals surface area contributed by atoms with Gasteiger partial charge in [0, 0.05) is 23.5 Å². The van der Waals surface area contributed by atoms with Crippen LogP contribution < -0.4 is 10.1 Å². The Bertz CT molecular complexity index is 1210. The quantitative estimate of drug-likeness (QED) is 0.278. The average Bonchev–Trinajstić information content (AvgIpc) is 3.43. The van der Waals surface area contributed by atoms with Gasteiger partial charge < -0.3 is 15.0 Å². The fraction of sp³-hybridized carbons (Fsp3) is 0.375. The first-order valence-corrected chi connectivity index (χ1v) is 14.3. The van der Waals surface area contributed by atoms with E-state index in [0.29, 0.717) is 18.7 Å². The summed E-state index contributed by atoms with van der Waals surface area (Å²) in [5.74, 6) is 0.646. The van der Waals surface area contributed by atoms with Gasteiger partial charge in [-0.15, -0.1) is 0 Å². The topological polar surface area (TPSA) is 58.6 Å². The normalized spacial score (nSPS) is 14.3. The molecule has 0 radical (unpaired) electrons. The van der Waals surface area contributed by atoms with Crippen molar-refractivity contribution in [3.63, 3.8) is 0 Å². The highest BCUT2D eigenvalue weighted by Crippen LogP contribution is 2.26. The molecule has 0 saturated heterocycles. The summed E-state index contributed by atoms with van der Waals surface area (Å²) in [6, 6.07) is 25.1. The van der Waals surface area contributed by atoms with Crippen molar-refractivity contribution in [3.8, 4) is 5.75 Å². The molecule has 0 aromatic heterocycles. The number of halogens is 1. The highest BCUT2D eigenvalue weighted by Gasteiger charge is 2.32. The first kappa shape index (κ1) is 27.9. The van der Waals surface area contributed by atoms with Crippen LogP contribution in [0, 0.1) is 0 Å². The molecule has 0 spiro atoms. The van der Waals surface area contributed by atoms with Crippen LogP contribution in [0.3, 0.4) is 0 Å². The Kier molecular flexibility index (Phi) is 9.99. The van der Waals surface area contributed by atoms with E-state index in [1.165, 1.54) is 0 Å². The maximum absolute atomic E-state index is 13.9. The lowest BCUT2D eigenvalue weighted by Crippen LogP contribution is -2.53. The Morgan fingerprint density at radius 3 is 2.34 bits per heavy atom. The molecular weight excluding hydrogens is 540 g/mol. The number of rotatable bonds is 11. The molecule has 0 heterocycles. The van der Waals surface area contributed by atoms with Gasteiger partial charge in [0.2, 0.25) is 5.91 Å². The predicted molar refractivity (Wildman–Crippen MR) is 155 cm³/mol. The second-order valence-corrected chi connectivity index (χ2v) is 11.2. The Morgan fingerprint density at radius 2 is 1.63 bits per heavy atom. The average molecular weight is 578 g/mol. The molecule has 2 amide bonds. The van der Waals surface area contributed by atoms with Gasteiger partial charge in [-0.05, 0) is 53.6 Å². The van der Waals surface area contributed by atoms with E-state index < -0.39 is 6.04 Å². The zero-order chi connectivity index (χ0) is 26.9. The third-order valence-electron chi connectivity index (χ3n) is 7.11. The minimum atomic E-state index is -0.659. The van der Waals surface area contributed by atoms with Gasteiger partial charge in [0.25, 0.3) is 5.91 Å². The van der Waals surface area contributed by atoms with Crippen molar-refractivity contribution in [2.45, 2.75) is 70.5 Å². The number of nitrogens with one attached hydrogen (secondary N) is 1. The van der Waals surface area contributed by atoms with Crippen LogP contribution in [-0.4, -0.2) is 35.4 Å². The Morgan fingerprint density at radius 1 is 0.947 bits per heavy atom. The molecule has 0 bridgehead atoms. The van der Waals surface area contributed by atoms with Crippen LogP contribution in [0.1, 0.15) is 62.1 Å². The number of ether oxygens (including phenoxy) is 1. The minimum absolute atomic E-state index is 0.105. The fourth-order valence-electron chi connectivity index (χ4n) is 5.06. The third kappa shape index (κ3) is 7.70. The van der Waals surface area contributed by atoms with E-state index in [9.17, 15) is 9.59 Å². The first-order valence-electron chi connectivity index (χ1n) is 13.5. The van der Waals surface area contributed by atoms with E-state index in [4.69, 9.17) is 4.74 Å². The zero-order valence-electron chi connectivity index (χ0n) is 22.2. The number of hydrogen-bond acceptors (Lipinski definition) is 3. The van der Waals surface area contributed by atoms with Crippen LogP contribution in [-0.2, 0) is 22.6 Å². The van der Waals surface area contributed by atoms with E-state index >= 15 is 0 Å². The lowest BCUT2D eigenvalue weighted by molar-refractivity contribution is -0.143. The highest BCUT2D eigenvalue weighted by molar-refractivity contribution is 9.10. The molecular formula is C32H37BrN2O3. The first-order chi connectivity index (χ1) is 18.4. The molecule has 1 aliphatic rings. The van der Waals surface area contributed by atoms with Gasteiger partial charge in [0.1, 0.15) is 11.8 Å². The number of hydrogen-bond donors (Lipinski definition) is 1. The number of benzene rings is 3. The summed E-state index contributed by atoms with van der Waals surface area (Å²) >= 11 is 3.54. The van der Waals surface area contributed by atoms with E-state index in [1.54, 1.807) is 4.90 Å². The molecule has 0 unspecified atom stereocenters. The summed E-state index contributed by atoms with van der Waals surface area (Å²) in [6.45, 7) is 4.38. The van der Waals surface area contributed by atoms with Crippen LogP contribution in [0.5, 0.6) is 5.75 Å². The van der Waals surface area contributed by atoms with Gasteiger partial charge in [-0.3, -0.25) is 9.59 Å². The van der Waals surface area contributed by atoms with E-state index in [2.05, 4.69) is 35.1 Å². The highest BCUT2D eigenvalue weighted by atomic mass is 79.9. The molecule has 3 aromatic carbocycles. The van der Waals surface area contributed by atoms with Crippen LogP contribution in [0.2, 0.25) is 0 Å². The molecule has 0 aliphatic heterocycles. The fourth-order valence-corrected chi connectivity index (χ4v) is 5.51. The largest absolute Gasteiger partial charge is 0.483 e. The standard InChI is InChI=1S/C32H37BrN2O3/c1-23(2)28-17-8-9-18-30(28)38-22-31(36)35(21-25-13-10-14-26(33)19-25)29(20-24-11-4-3-5-12-24)32(37)34-27-15-6-7-16-27/h3-5,8-14,17-19,23,27,29H,6-7,15-16,20-22H2,1-2H3,(H,34,37)/t29-/m0/s1. The van der Waals surface area contributed by atoms with Gasteiger partial charge >= 0.3 is 0 Å². The van der Waals surface area contributed by atoms with Crippen LogP contribution in [0.15, 0.2) is 83.3 Å². The third-order valence-corrected chi connectivity index (χ3v) is 7.60. The van der Waals surface area contributed by atoms with Crippen molar-refractivity contribution >= 4 is 27.7 Å². The summed E-state index contributed by atoms with van der Waals surface area (Å²) in [7, 11) is 0. The molecule has 3 aromatic rings. The van der Waals surface area contributed by atoms with E-state index in [-0.39, 0.29) is 30.4 Å². The van der Waals surface area contributed by atoms with Crippen molar-refractivity contribution in [3.05, 3.63) is 100 Å². The van der Waals surface area contributed by atoms with Gasteiger partial charge in [0.05, 0.1) is 0 Å². The van der Waals surface area contributed by atoms with Crippen molar-refractivity contribution in [1.29, 1.82) is 0 Å². The van der Waals surface area contributed by atoms with Crippen molar-refractivity contribution in [2.24, 2.45) is 0 Å².